The first-order valence-electron chi connectivity index (χ1n) is 6.01. The van der Waals surface area contributed by atoms with Crippen LogP contribution in [0.3, 0.4) is 0 Å². The second-order valence-corrected chi connectivity index (χ2v) is 5.23. The number of ether oxygens (including phenoxy) is 1. The third-order valence-electron chi connectivity index (χ3n) is 3.60. The topological polar surface area (TPSA) is 9.23 Å². The highest BCUT2D eigenvalue weighted by Crippen LogP contribution is 2.51. The summed E-state index contributed by atoms with van der Waals surface area (Å²) < 4.78 is 40.2. The maximum Gasteiger partial charge on any atom is 0.573 e. The minimum Gasteiger partial charge on any atom is -0.406 e. The minimum absolute atomic E-state index is 0.0526. The Kier molecular flexibility index (Phi) is 3.23. The fourth-order valence-corrected chi connectivity index (χ4v) is 2.67. The zero-order valence-electron chi connectivity index (χ0n) is 10.00. The highest BCUT2D eigenvalue weighted by Gasteiger charge is 2.44. The van der Waals surface area contributed by atoms with Gasteiger partial charge >= 0.3 is 6.36 Å². The van der Waals surface area contributed by atoms with Crippen LogP contribution in [0.2, 0.25) is 0 Å². The van der Waals surface area contributed by atoms with E-state index in [9.17, 15) is 13.2 Å². The Balaban J connectivity index is 1.96. The summed E-state index contributed by atoms with van der Waals surface area (Å²) in [6.07, 6.45) is 2.21. The molecule has 17 heavy (non-hydrogen) atoms. The smallest absolute Gasteiger partial charge is 0.406 e. The normalized spacial score (nSPS) is 32.6. The zero-order valence-corrected chi connectivity index (χ0v) is 10.00. The van der Waals surface area contributed by atoms with Crippen LogP contribution in [0.1, 0.15) is 26.7 Å². The van der Waals surface area contributed by atoms with Crippen LogP contribution in [0.15, 0.2) is 24.0 Å². The molecule has 96 valence electrons. The Morgan fingerprint density at radius 2 is 2.06 bits per heavy atom. The van der Waals surface area contributed by atoms with Crippen LogP contribution in [-0.2, 0) is 4.74 Å². The average molecular weight is 246 g/mol. The monoisotopic (exact) mass is 246 g/mol. The SMILES string of the molecule is CC(C)[C@H]1C[C@@H]1C1C=C(OC(F)(F)F)C=CC1. The van der Waals surface area contributed by atoms with Gasteiger partial charge in [-0.3, -0.25) is 0 Å². The van der Waals surface area contributed by atoms with Crippen molar-refractivity contribution < 1.29 is 17.9 Å². The molecule has 3 atom stereocenters. The third kappa shape index (κ3) is 3.27. The molecule has 1 nitrogen and oxygen atoms in total. The van der Waals surface area contributed by atoms with Gasteiger partial charge in [-0.05, 0) is 48.7 Å². The van der Waals surface area contributed by atoms with Gasteiger partial charge in [0.1, 0.15) is 5.76 Å². The summed E-state index contributed by atoms with van der Waals surface area (Å²) in [5, 5.41) is 0. The molecule has 2 aliphatic carbocycles. The second-order valence-electron chi connectivity index (χ2n) is 5.23. The zero-order chi connectivity index (χ0) is 12.6. The molecule has 0 amide bonds. The fraction of sp³-hybridized carbons (Fsp3) is 0.692. The number of allylic oxidation sites excluding steroid dienone is 3. The van der Waals surface area contributed by atoms with E-state index in [1.165, 1.54) is 6.08 Å². The van der Waals surface area contributed by atoms with Crippen molar-refractivity contribution in [2.45, 2.75) is 33.1 Å². The van der Waals surface area contributed by atoms with Gasteiger partial charge in [-0.1, -0.05) is 19.9 Å². The van der Waals surface area contributed by atoms with E-state index >= 15 is 0 Å². The molecular weight excluding hydrogens is 229 g/mol. The molecule has 0 aromatic carbocycles. The third-order valence-corrected chi connectivity index (χ3v) is 3.60. The molecule has 2 aliphatic rings. The van der Waals surface area contributed by atoms with E-state index in [1.54, 1.807) is 12.2 Å². The second kappa shape index (κ2) is 4.39. The lowest BCUT2D eigenvalue weighted by Gasteiger charge is -2.18. The molecule has 4 heteroatoms. The molecule has 0 aromatic heterocycles. The van der Waals surface area contributed by atoms with Crippen LogP contribution >= 0.6 is 0 Å². The van der Waals surface area contributed by atoms with Gasteiger partial charge in [-0.15, -0.1) is 13.2 Å². The molecule has 0 radical (unpaired) electrons. The van der Waals surface area contributed by atoms with Crippen LogP contribution in [0.4, 0.5) is 13.2 Å². The van der Waals surface area contributed by atoms with E-state index in [4.69, 9.17) is 0 Å². The van der Waals surface area contributed by atoms with Gasteiger partial charge in [0.2, 0.25) is 0 Å². The predicted octanol–water partition coefficient (Wildman–Crippen LogP) is 4.27. The maximum absolute atomic E-state index is 12.1. The Morgan fingerprint density at radius 3 is 2.59 bits per heavy atom. The van der Waals surface area contributed by atoms with Crippen LogP contribution < -0.4 is 0 Å². The lowest BCUT2D eigenvalue weighted by molar-refractivity contribution is -0.303. The summed E-state index contributed by atoms with van der Waals surface area (Å²) in [6.45, 7) is 4.33. The van der Waals surface area contributed by atoms with Gasteiger partial charge in [0, 0.05) is 0 Å². The number of hydrogen-bond acceptors (Lipinski definition) is 1. The number of hydrogen-bond donors (Lipinski definition) is 0. The Bertz CT molecular complexity index is 341. The summed E-state index contributed by atoms with van der Waals surface area (Å²) in [5.74, 6) is 1.97. The van der Waals surface area contributed by atoms with Gasteiger partial charge in [-0.25, -0.2) is 0 Å². The number of alkyl halides is 3. The Labute approximate surface area is 99.3 Å². The maximum atomic E-state index is 12.1. The van der Waals surface area contributed by atoms with Crippen molar-refractivity contribution in [3.8, 4) is 0 Å². The summed E-state index contributed by atoms with van der Waals surface area (Å²) in [4.78, 5) is 0. The standard InChI is InChI=1S/C13H17F3O/c1-8(2)11-7-12(11)9-4-3-5-10(6-9)17-13(14,15)16/h3,5-6,8-9,11-12H,4,7H2,1-2H3/t9?,11-,12-/m1/s1. The average Bonchev–Trinajstić information content (AvgIpc) is 2.94. The molecular formula is C13H17F3O. The van der Waals surface area contributed by atoms with Crippen molar-refractivity contribution in [1.29, 1.82) is 0 Å². The van der Waals surface area contributed by atoms with Crippen molar-refractivity contribution >= 4 is 0 Å². The van der Waals surface area contributed by atoms with Gasteiger partial charge in [0.15, 0.2) is 0 Å². The van der Waals surface area contributed by atoms with E-state index < -0.39 is 6.36 Å². The van der Waals surface area contributed by atoms with Gasteiger partial charge in [0.25, 0.3) is 0 Å². The molecule has 1 fully saturated rings. The van der Waals surface area contributed by atoms with Crippen molar-refractivity contribution in [2.75, 3.05) is 0 Å². The van der Waals surface area contributed by atoms with E-state index in [2.05, 4.69) is 18.6 Å². The Hall–Kier alpha value is -0.930. The van der Waals surface area contributed by atoms with Crippen LogP contribution in [-0.4, -0.2) is 6.36 Å². The molecule has 0 spiro atoms. The van der Waals surface area contributed by atoms with Crippen LogP contribution in [0.25, 0.3) is 0 Å². The molecule has 0 heterocycles. The molecule has 0 aromatic rings. The summed E-state index contributed by atoms with van der Waals surface area (Å²) in [6, 6.07) is 0. The highest BCUT2D eigenvalue weighted by molar-refractivity contribution is 5.21. The predicted molar refractivity (Wildman–Crippen MR) is 58.9 cm³/mol. The molecule has 0 bridgehead atoms. The van der Waals surface area contributed by atoms with E-state index in [0.29, 0.717) is 17.8 Å². The number of halogens is 3. The first kappa shape index (κ1) is 12.5. The van der Waals surface area contributed by atoms with E-state index in [0.717, 1.165) is 12.8 Å². The molecule has 1 unspecified atom stereocenters. The van der Waals surface area contributed by atoms with Gasteiger partial charge in [-0.2, -0.15) is 0 Å². The fourth-order valence-electron chi connectivity index (χ4n) is 2.67. The van der Waals surface area contributed by atoms with Crippen molar-refractivity contribution in [2.24, 2.45) is 23.7 Å². The van der Waals surface area contributed by atoms with Gasteiger partial charge < -0.3 is 4.74 Å². The summed E-state index contributed by atoms with van der Waals surface area (Å²) in [7, 11) is 0. The number of rotatable bonds is 3. The molecule has 0 saturated heterocycles. The first-order valence-corrected chi connectivity index (χ1v) is 6.01. The van der Waals surface area contributed by atoms with Gasteiger partial charge in [0.05, 0.1) is 0 Å². The summed E-state index contributed by atoms with van der Waals surface area (Å²) in [5.41, 5.74) is 0. The molecule has 1 saturated carbocycles. The lowest BCUT2D eigenvalue weighted by Crippen LogP contribution is -2.15. The van der Waals surface area contributed by atoms with E-state index in [1.807, 2.05) is 0 Å². The molecule has 2 rings (SSSR count). The molecule has 0 aliphatic heterocycles. The van der Waals surface area contributed by atoms with E-state index in [-0.39, 0.29) is 11.7 Å². The highest BCUT2D eigenvalue weighted by atomic mass is 19.4. The van der Waals surface area contributed by atoms with Crippen LogP contribution in [0.5, 0.6) is 0 Å². The quantitative estimate of drug-likeness (QED) is 0.722. The van der Waals surface area contributed by atoms with Crippen molar-refractivity contribution in [1.82, 2.24) is 0 Å². The van der Waals surface area contributed by atoms with Crippen LogP contribution in [0, 0.1) is 23.7 Å². The largest absolute Gasteiger partial charge is 0.573 e. The summed E-state index contributed by atoms with van der Waals surface area (Å²) >= 11 is 0. The first-order chi connectivity index (χ1) is 7.87. The molecule has 0 N–H and O–H groups in total. The Morgan fingerprint density at radius 1 is 1.35 bits per heavy atom. The van der Waals surface area contributed by atoms with Crippen molar-refractivity contribution in [3.63, 3.8) is 0 Å². The minimum atomic E-state index is -4.58. The lowest BCUT2D eigenvalue weighted by atomic mass is 9.91. The van der Waals surface area contributed by atoms with Crippen molar-refractivity contribution in [3.05, 3.63) is 24.0 Å².